The van der Waals surface area contributed by atoms with E-state index in [4.69, 9.17) is 9.05 Å². The predicted molar refractivity (Wildman–Crippen MR) is 268 cm³/mol. The average molecular weight is 896 g/mol. The maximum atomic E-state index is 12.9. The van der Waals surface area contributed by atoms with E-state index in [1.807, 2.05) is 27.2 Å². The molecule has 3 atom stereocenters. The fourth-order valence-electron chi connectivity index (χ4n) is 7.66. The molecule has 0 bridgehead atoms. The van der Waals surface area contributed by atoms with Gasteiger partial charge in [0.25, 0.3) is 0 Å². The zero-order chi connectivity index (χ0) is 45.7. The summed E-state index contributed by atoms with van der Waals surface area (Å²) in [6.07, 6.45) is 56.8. The first kappa shape index (κ1) is 60.7. The Bertz CT molecular complexity index is 1110. The van der Waals surface area contributed by atoms with Crippen LogP contribution in [0.4, 0.5) is 0 Å². The van der Waals surface area contributed by atoms with Crippen molar-refractivity contribution in [2.75, 3.05) is 40.9 Å². The van der Waals surface area contributed by atoms with Crippen LogP contribution in [0.3, 0.4) is 0 Å². The minimum Gasteiger partial charge on any atom is -0.387 e. The molecule has 1 amide bonds. The van der Waals surface area contributed by atoms with Crippen molar-refractivity contribution in [1.82, 2.24) is 5.32 Å². The number of hydrogen-bond donors (Lipinski definition) is 3. The highest BCUT2D eigenvalue weighted by Gasteiger charge is 2.27. The van der Waals surface area contributed by atoms with Crippen LogP contribution in [0.2, 0.25) is 0 Å². The van der Waals surface area contributed by atoms with E-state index in [0.29, 0.717) is 17.4 Å². The number of nitrogens with zero attached hydrogens (tertiary/aromatic N) is 1. The van der Waals surface area contributed by atoms with Crippen LogP contribution < -0.4 is 5.32 Å². The fraction of sp³-hybridized carbons (Fsp3) is 0.868. The number of rotatable bonds is 48. The number of amides is 1. The standard InChI is InChI=1S/C53H103N2O6P/c1-6-8-10-12-14-16-18-19-20-21-22-23-24-25-26-27-28-29-30-31-32-33-34-35-37-38-40-42-44-46-52(56)51(50-61-62(58,59)60-49-48-55(3,4)5)54-53(57)47-45-43-41-39-36-17-15-13-11-9-7-2/h32-33,37-38,44,46,51-52,56H,6-31,34-36,39-43,45,47-50H2,1-5H3,(H-,54,57,58,59)/p+1/b33-32+,38-37+,46-44+. The van der Waals surface area contributed by atoms with Crippen molar-refractivity contribution in [3.05, 3.63) is 36.5 Å². The molecule has 8 nitrogen and oxygen atoms in total. The summed E-state index contributed by atoms with van der Waals surface area (Å²) in [5.41, 5.74) is 0. The lowest BCUT2D eigenvalue weighted by molar-refractivity contribution is -0.870. The topological polar surface area (TPSA) is 105 Å². The normalized spacial score (nSPS) is 14.4. The number of quaternary nitrogens is 1. The molecule has 0 aliphatic heterocycles. The van der Waals surface area contributed by atoms with Gasteiger partial charge >= 0.3 is 7.82 Å². The Morgan fingerprint density at radius 1 is 0.532 bits per heavy atom. The first-order valence-corrected chi connectivity index (χ1v) is 27.9. The molecule has 0 fully saturated rings. The first-order valence-electron chi connectivity index (χ1n) is 26.4. The zero-order valence-electron chi connectivity index (χ0n) is 41.6. The number of aliphatic hydroxyl groups excluding tert-OH is 1. The van der Waals surface area contributed by atoms with E-state index in [9.17, 15) is 19.4 Å². The Labute approximate surface area is 385 Å². The van der Waals surface area contributed by atoms with E-state index < -0.39 is 20.0 Å². The number of aliphatic hydroxyl groups is 1. The van der Waals surface area contributed by atoms with Crippen LogP contribution in [0, 0.1) is 0 Å². The minimum atomic E-state index is -4.35. The molecule has 0 aromatic heterocycles. The number of carbonyl (C=O) groups is 1. The van der Waals surface area contributed by atoms with E-state index in [0.717, 1.165) is 44.9 Å². The van der Waals surface area contributed by atoms with Crippen LogP contribution in [0.5, 0.6) is 0 Å². The highest BCUT2D eigenvalue weighted by molar-refractivity contribution is 7.47. The lowest BCUT2D eigenvalue weighted by Crippen LogP contribution is -2.45. The highest BCUT2D eigenvalue weighted by Crippen LogP contribution is 2.43. The molecule has 0 aliphatic carbocycles. The van der Waals surface area contributed by atoms with Gasteiger partial charge in [-0.05, 0) is 44.9 Å². The number of carbonyl (C=O) groups excluding carboxylic acids is 1. The maximum Gasteiger partial charge on any atom is 0.472 e. The molecule has 0 aliphatic rings. The van der Waals surface area contributed by atoms with Crippen molar-refractivity contribution in [2.24, 2.45) is 0 Å². The Kier molecular flexibility index (Phi) is 44.0. The van der Waals surface area contributed by atoms with Gasteiger partial charge in [-0.2, -0.15) is 0 Å². The van der Waals surface area contributed by atoms with Crippen LogP contribution in [0.15, 0.2) is 36.5 Å². The highest BCUT2D eigenvalue weighted by atomic mass is 31.2. The molecule has 3 unspecified atom stereocenters. The van der Waals surface area contributed by atoms with Gasteiger partial charge in [-0.1, -0.05) is 230 Å². The third-order valence-electron chi connectivity index (χ3n) is 11.8. The molecule has 9 heteroatoms. The molecule has 3 N–H and O–H groups in total. The molecular formula is C53H104N2O6P+. The SMILES string of the molecule is CCCCCCCCCCCCCCCCCCCCC/C=C/CC/C=C/CC/C=C/C(O)C(COP(=O)(O)OCC[N+](C)(C)C)NC(=O)CCCCCCCCCCCCC. The van der Waals surface area contributed by atoms with E-state index in [1.165, 1.54) is 180 Å². The van der Waals surface area contributed by atoms with Crippen LogP contribution in [-0.2, 0) is 18.4 Å². The zero-order valence-corrected chi connectivity index (χ0v) is 42.5. The van der Waals surface area contributed by atoms with Crippen molar-refractivity contribution in [3.63, 3.8) is 0 Å². The minimum absolute atomic E-state index is 0.0546. The smallest absolute Gasteiger partial charge is 0.387 e. The van der Waals surface area contributed by atoms with Crippen molar-refractivity contribution in [1.29, 1.82) is 0 Å². The molecular weight excluding hydrogens is 792 g/mol. The Morgan fingerprint density at radius 3 is 1.29 bits per heavy atom. The number of phosphoric acid groups is 1. The third kappa shape index (κ3) is 46.7. The monoisotopic (exact) mass is 896 g/mol. The van der Waals surface area contributed by atoms with Gasteiger partial charge in [-0.25, -0.2) is 4.57 Å². The molecule has 0 radical (unpaired) electrons. The molecule has 0 saturated carbocycles. The summed E-state index contributed by atoms with van der Waals surface area (Å²) in [7, 11) is 1.55. The van der Waals surface area contributed by atoms with Gasteiger partial charge in [-0.3, -0.25) is 13.8 Å². The molecule has 0 spiro atoms. The van der Waals surface area contributed by atoms with Gasteiger partial charge in [0.2, 0.25) is 5.91 Å². The predicted octanol–water partition coefficient (Wildman–Crippen LogP) is 15.4. The Morgan fingerprint density at radius 2 is 0.887 bits per heavy atom. The van der Waals surface area contributed by atoms with Crippen LogP contribution in [0.1, 0.15) is 245 Å². The van der Waals surface area contributed by atoms with Crippen molar-refractivity contribution < 1.29 is 32.9 Å². The number of hydrogen-bond acceptors (Lipinski definition) is 5. The second-order valence-corrected chi connectivity index (χ2v) is 20.7. The fourth-order valence-corrected chi connectivity index (χ4v) is 8.40. The van der Waals surface area contributed by atoms with Gasteiger partial charge in [0, 0.05) is 6.42 Å². The second kappa shape index (κ2) is 44.9. The lowest BCUT2D eigenvalue weighted by Gasteiger charge is -2.25. The van der Waals surface area contributed by atoms with Crippen LogP contribution in [0.25, 0.3) is 0 Å². The summed E-state index contributed by atoms with van der Waals surface area (Å²) >= 11 is 0. The van der Waals surface area contributed by atoms with Gasteiger partial charge in [0.1, 0.15) is 13.2 Å². The van der Waals surface area contributed by atoms with E-state index in [1.54, 1.807) is 6.08 Å². The van der Waals surface area contributed by atoms with E-state index >= 15 is 0 Å². The summed E-state index contributed by atoms with van der Waals surface area (Å²) in [4.78, 5) is 23.1. The van der Waals surface area contributed by atoms with Crippen LogP contribution >= 0.6 is 7.82 Å². The number of nitrogens with one attached hydrogen (secondary N) is 1. The average Bonchev–Trinajstić information content (AvgIpc) is 3.23. The molecule has 366 valence electrons. The molecule has 0 saturated heterocycles. The maximum absolute atomic E-state index is 12.9. The van der Waals surface area contributed by atoms with Gasteiger partial charge in [-0.15, -0.1) is 0 Å². The van der Waals surface area contributed by atoms with Crippen molar-refractivity contribution in [2.45, 2.75) is 257 Å². The summed E-state index contributed by atoms with van der Waals surface area (Å²) < 4.78 is 23.6. The number of phosphoric ester groups is 1. The molecule has 0 heterocycles. The largest absolute Gasteiger partial charge is 0.472 e. The quantitative estimate of drug-likeness (QED) is 0.0243. The summed E-state index contributed by atoms with van der Waals surface area (Å²) in [6.45, 7) is 4.79. The summed E-state index contributed by atoms with van der Waals surface area (Å²) in [5.74, 6) is -0.191. The first-order chi connectivity index (χ1) is 30.0. The lowest BCUT2D eigenvalue weighted by atomic mass is 10.0. The number of unbranched alkanes of at least 4 members (excludes halogenated alkanes) is 31. The summed E-state index contributed by atoms with van der Waals surface area (Å²) in [5, 5.41) is 13.8. The molecule has 0 aromatic carbocycles. The molecule has 0 rings (SSSR count). The van der Waals surface area contributed by atoms with Crippen LogP contribution in [-0.4, -0.2) is 73.4 Å². The van der Waals surface area contributed by atoms with Gasteiger partial charge in [0.15, 0.2) is 0 Å². The Hall–Kier alpha value is -1.28. The van der Waals surface area contributed by atoms with E-state index in [2.05, 4.69) is 43.5 Å². The molecule has 0 aromatic rings. The third-order valence-corrected chi connectivity index (χ3v) is 12.8. The number of likely N-dealkylation sites (N-methyl/N-ethyl adjacent to an activating group) is 1. The Balaban J connectivity index is 4.20. The second-order valence-electron chi connectivity index (χ2n) is 19.2. The number of allylic oxidation sites excluding steroid dienone is 5. The van der Waals surface area contributed by atoms with Gasteiger partial charge < -0.3 is 19.8 Å². The molecule has 62 heavy (non-hydrogen) atoms. The van der Waals surface area contributed by atoms with Gasteiger partial charge in [0.05, 0.1) is 39.9 Å². The van der Waals surface area contributed by atoms with Crippen molar-refractivity contribution >= 4 is 13.7 Å². The van der Waals surface area contributed by atoms with Crippen molar-refractivity contribution in [3.8, 4) is 0 Å². The van der Waals surface area contributed by atoms with E-state index in [-0.39, 0.29) is 19.1 Å². The summed E-state index contributed by atoms with van der Waals surface area (Å²) in [6, 6.07) is -0.866.